The summed E-state index contributed by atoms with van der Waals surface area (Å²) in [5.41, 5.74) is 1.88. The van der Waals surface area contributed by atoms with Crippen LogP contribution in [-0.4, -0.2) is 32.9 Å². The van der Waals surface area contributed by atoms with Gasteiger partial charge in [-0.15, -0.1) is 0 Å². The fourth-order valence-corrected chi connectivity index (χ4v) is 1.86. The minimum atomic E-state index is -0.404. The molecular weight excluding hydrogens is 218 g/mol. The molecule has 0 saturated carbocycles. The molecule has 0 aliphatic carbocycles. The molecule has 1 rings (SSSR count). The van der Waals surface area contributed by atoms with E-state index in [9.17, 15) is 9.90 Å². The van der Waals surface area contributed by atoms with Crippen molar-refractivity contribution in [1.29, 1.82) is 0 Å². The van der Waals surface area contributed by atoms with Crippen LogP contribution in [-0.2, 0) is 11.3 Å². The largest absolute Gasteiger partial charge is 0.393 e. The van der Waals surface area contributed by atoms with Crippen LogP contribution in [0.4, 0.5) is 0 Å². The van der Waals surface area contributed by atoms with E-state index in [2.05, 4.69) is 10.4 Å². The SMILES string of the molecule is Cc1cc(C)n(CC(=O)NC(C)CC(C)O)n1. The summed E-state index contributed by atoms with van der Waals surface area (Å²) < 4.78 is 1.68. The first-order chi connectivity index (χ1) is 7.88. The average molecular weight is 239 g/mol. The van der Waals surface area contributed by atoms with E-state index in [1.807, 2.05) is 26.8 Å². The number of hydrogen-bond donors (Lipinski definition) is 2. The van der Waals surface area contributed by atoms with Gasteiger partial charge in [-0.3, -0.25) is 9.48 Å². The van der Waals surface area contributed by atoms with Gasteiger partial charge in [-0.1, -0.05) is 0 Å². The van der Waals surface area contributed by atoms with E-state index in [1.54, 1.807) is 11.6 Å². The van der Waals surface area contributed by atoms with Crippen molar-refractivity contribution >= 4 is 5.91 Å². The van der Waals surface area contributed by atoms with Crippen molar-refractivity contribution < 1.29 is 9.90 Å². The molecule has 1 heterocycles. The molecule has 5 nitrogen and oxygen atoms in total. The molecule has 0 radical (unpaired) electrons. The van der Waals surface area contributed by atoms with Crippen LogP contribution in [0, 0.1) is 13.8 Å². The maximum Gasteiger partial charge on any atom is 0.241 e. The summed E-state index contributed by atoms with van der Waals surface area (Å²) >= 11 is 0. The van der Waals surface area contributed by atoms with Crippen LogP contribution in [0.3, 0.4) is 0 Å². The van der Waals surface area contributed by atoms with E-state index in [0.717, 1.165) is 11.4 Å². The first-order valence-corrected chi connectivity index (χ1v) is 5.87. The van der Waals surface area contributed by atoms with Gasteiger partial charge in [0.2, 0.25) is 5.91 Å². The van der Waals surface area contributed by atoms with E-state index in [1.165, 1.54) is 0 Å². The summed E-state index contributed by atoms with van der Waals surface area (Å²) in [5, 5.41) is 16.3. The van der Waals surface area contributed by atoms with Gasteiger partial charge in [0.25, 0.3) is 0 Å². The van der Waals surface area contributed by atoms with Crippen LogP contribution in [0.5, 0.6) is 0 Å². The quantitative estimate of drug-likeness (QED) is 0.797. The van der Waals surface area contributed by atoms with Gasteiger partial charge < -0.3 is 10.4 Å². The van der Waals surface area contributed by atoms with E-state index in [0.29, 0.717) is 6.42 Å². The second kappa shape index (κ2) is 5.82. The minimum absolute atomic E-state index is 0.0283. The number of nitrogens with one attached hydrogen (secondary N) is 1. The van der Waals surface area contributed by atoms with E-state index in [-0.39, 0.29) is 18.5 Å². The Balaban J connectivity index is 2.47. The molecule has 0 aromatic carbocycles. The Hall–Kier alpha value is -1.36. The van der Waals surface area contributed by atoms with Gasteiger partial charge in [0, 0.05) is 11.7 Å². The number of carbonyl (C=O) groups is 1. The Morgan fingerprint density at radius 1 is 1.53 bits per heavy atom. The summed E-state index contributed by atoms with van der Waals surface area (Å²) in [4.78, 5) is 11.7. The summed E-state index contributed by atoms with van der Waals surface area (Å²) in [6, 6.07) is 1.91. The van der Waals surface area contributed by atoms with E-state index >= 15 is 0 Å². The molecule has 0 aliphatic rings. The highest BCUT2D eigenvalue weighted by Gasteiger charge is 2.11. The molecule has 96 valence electrons. The highest BCUT2D eigenvalue weighted by molar-refractivity contribution is 5.76. The first-order valence-electron chi connectivity index (χ1n) is 5.87. The van der Waals surface area contributed by atoms with Gasteiger partial charge in [-0.25, -0.2) is 0 Å². The van der Waals surface area contributed by atoms with Crippen molar-refractivity contribution in [3.63, 3.8) is 0 Å². The zero-order chi connectivity index (χ0) is 13.0. The molecule has 0 aliphatic heterocycles. The number of rotatable bonds is 5. The Morgan fingerprint density at radius 2 is 2.18 bits per heavy atom. The average Bonchev–Trinajstić information content (AvgIpc) is 2.42. The molecule has 1 aromatic heterocycles. The minimum Gasteiger partial charge on any atom is -0.393 e. The maximum atomic E-state index is 11.7. The third-order valence-corrected chi connectivity index (χ3v) is 2.50. The zero-order valence-electron chi connectivity index (χ0n) is 10.9. The lowest BCUT2D eigenvalue weighted by molar-refractivity contribution is -0.122. The Kier molecular flexibility index (Phi) is 4.69. The third kappa shape index (κ3) is 4.56. The molecule has 2 N–H and O–H groups in total. The van der Waals surface area contributed by atoms with Gasteiger partial charge in [0.05, 0.1) is 11.8 Å². The fourth-order valence-electron chi connectivity index (χ4n) is 1.86. The molecule has 0 fully saturated rings. The number of aliphatic hydroxyl groups is 1. The molecular formula is C12H21N3O2. The normalized spacial score (nSPS) is 14.4. The smallest absolute Gasteiger partial charge is 0.241 e. The highest BCUT2D eigenvalue weighted by Crippen LogP contribution is 2.02. The number of aliphatic hydroxyl groups excluding tert-OH is 1. The van der Waals surface area contributed by atoms with Crippen LogP contribution in [0.2, 0.25) is 0 Å². The number of carbonyl (C=O) groups excluding carboxylic acids is 1. The standard InChI is InChI=1S/C12H21N3O2/c1-8(6-11(4)16)13-12(17)7-15-10(3)5-9(2)14-15/h5,8,11,16H,6-7H2,1-4H3,(H,13,17). The van der Waals surface area contributed by atoms with Crippen LogP contribution < -0.4 is 5.32 Å². The third-order valence-electron chi connectivity index (χ3n) is 2.50. The highest BCUT2D eigenvalue weighted by atomic mass is 16.3. The van der Waals surface area contributed by atoms with Gasteiger partial charge in [0.1, 0.15) is 6.54 Å². The Morgan fingerprint density at radius 3 is 2.65 bits per heavy atom. The lowest BCUT2D eigenvalue weighted by Crippen LogP contribution is -2.37. The van der Waals surface area contributed by atoms with Crippen LogP contribution in [0.15, 0.2) is 6.07 Å². The lowest BCUT2D eigenvalue weighted by atomic mass is 10.1. The van der Waals surface area contributed by atoms with Gasteiger partial charge in [-0.2, -0.15) is 5.10 Å². The Labute approximate surface area is 102 Å². The summed E-state index contributed by atoms with van der Waals surface area (Å²) in [6.07, 6.45) is 0.155. The summed E-state index contributed by atoms with van der Waals surface area (Å²) in [5.74, 6) is -0.0793. The van der Waals surface area contributed by atoms with Crippen molar-refractivity contribution in [2.24, 2.45) is 0 Å². The number of amides is 1. The molecule has 1 amide bonds. The number of hydrogen-bond acceptors (Lipinski definition) is 3. The molecule has 5 heteroatoms. The van der Waals surface area contributed by atoms with Crippen LogP contribution >= 0.6 is 0 Å². The van der Waals surface area contributed by atoms with Crippen LogP contribution in [0.1, 0.15) is 31.7 Å². The fraction of sp³-hybridized carbons (Fsp3) is 0.667. The molecule has 0 bridgehead atoms. The predicted octanol–water partition coefficient (Wildman–Crippen LogP) is 0.776. The lowest BCUT2D eigenvalue weighted by Gasteiger charge is -2.15. The van der Waals surface area contributed by atoms with Crippen molar-refractivity contribution in [2.45, 2.75) is 52.8 Å². The molecule has 1 aromatic rings. The first kappa shape index (κ1) is 13.7. The van der Waals surface area contributed by atoms with Gasteiger partial charge >= 0.3 is 0 Å². The van der Waals surface area contributed by atoms with Gasteiger partial charge in [-0.05, 0) is 40.2 Å². The van der Waals surface area contributed by atoms with Crippen molar-refractivity contribution in [2.75, 3.05) is 0 Å². The predicted molar refractivity (Wildman–Crippen MR) is 65.6 cm³/mol. The Bertz CT molecular complexity index is 385. The number of nitrogens with zero attached hydrogens (tertiary/aromatic N) is 2. The zero-order valence-corrected chi connectivity index (χ0v) is 10.9. The second-order valence-corrected chi connectivity index (χ2v) is 4.64. The molecule has 0 saturated heterocycles. The van der Waals surface area contributed by atoms with E-state index in [4.69, 9.17) is 0 Å². The van der Waals surface area contributed by atoms with Crippen LogP contribution in [0.25, 0.3) is 0 Å². The molecule has 0 spiro atoms. The van der Waals surface area contributed by atoms with Crippen molar-refractivity contribution in [1.82, 2.24) is 15.1 Å². The maximum absolute atomic E-state index is 11.7. The topological polar surface area (TPSA) is 67.2 Å². The van der Waals surface area contributed by atoms with Crippen molar-refractivity contribution in [3.05, 3.63) is 17.5 Å². The van der Waals surface area contributed by atoms with E-state index < -0.39 is 6.10 Å². The molecule has 2 atom stereocenters. The number of aromatic nitrogens is 2. The monoisotopic (exact) mass is 239 g/mol. The molecule has 17 heavy (non-hydrogen) atoms. The molecule has 2 unspecified atom stereocenters. The second-order valence-electron chi connectivity index (χ2n) is 4.64. The number of aryl methyl sites for hydroxylation is 2. The summed E-state index contributed by atoms with van der Waals surface area (Å²) in [7, 11) is 0. The van der Waals surface area contributed by atoms with Gasteiger partial charge in [0.15, 0.2) is 0 Å². The van der Waals surface area contributed by atoms with Crippen molar-refractivity contribution in [3.8, 4) is 0 Å². The summed E-state index contributed by atoms with van der Waals surface area (Å²) in [6.45, 7) is 7.64.